The highest BCUT2D eigenvalue weighted by molar-refractivity contribution is 7.89. The Morgan fingerprint density at radius 3 is 2.35 bits per heavy atom. The van der Waals surface area contributed by atoms with Crippen molar-refractivity contribution in [2.24, 2.45) is 0 Å². The van der Waals surface area contributed by atoms with Gasteiger partial charge in [0.05, 0.1) is 4.90 Å². The van der Waals surface area contributed by atoms with Crippen LogP contribution in [0.25, 0.3) is 0 Å². The van der Waals surface area contributed by atoms with E-state index in [2.05, 4.69) is 5.32 Å². The van der Waals surface area contributed by atoms with Gasteiger partial charge in [0.15, 0.2) is 0 Å². The molecule has 1 N–H and O–H groups in total. The molecule has 26 heavy (non-hydrogen) atoms. The maximum Gasteiger partial charge on any atom is 0.251 e. The Kier molecular flexibility index (Phi) is 6.41. The summed E-state index contributed by atoms with van der Waals surface area (Å²) in [5.41, 5.74) is 1.63. The van der Waals surface area contributed by atoms with Crippen molar-refractivity contribution in [3.63, 3.8) is 0 Å². The minimum absolute atomic E-state index is 0.0405. The predicted molar refractivity (Wildman–Crippen MR) is 99.6 cm³/mol. The van der Waals surface area contributed by atoms with Crippen LogP contribution in [0.15, 0.2) is 17.0 Å². The molecule has 0 unspecified atom stereocenters. The first-order valence-electron chi connectivity index (χ1n) is 8.74. The fourth-order valence-corrected chi connectivity index (χ4v) is 4.15. The number of aryl methyl sites for hydroxylation is 1. The number of carbonyl (C=O) groups is 2. The fourth-order valence-electron chi connectivity index (χ4n) is 2.93. The highest BCUT2D eigenvalue weighted by atomic mass is 32.2. The van der Waals surface area contributed by atoms with Crippen molar-refractivity contribution in [1.29, 1.82) is 0 Å². The van der Waals surface area contributed by atoms with Gasteiger partial charge in [0, 0.05) is 45.7 Å². The molecule has 2 rings (SSSR count). The van der Waals surface area contributed by atoms with Gasteiger partial charge in [0.2, 0.25) is 15.9 Å². The normalized spacial score (nSPS) is 14.7. The van der Waals surface area contributed by atoms with Crippen LogP contribution >= 0.6 is 0 Å². The summed E-state index contributed by atoms with van der Waals surface area (Å²) in [4.78, 5) is 26.4. The molecule has 1 saturated heterocycles. The lowest BCUT2D eigenvalue weighted by Gasteiger charge is -2.17. The number of nitrogens with one attached hydrogen (secondary N) is 1. The molecule has 1 aliphatic heterocycles. The van der Waals surface area contributed by atoms with E-state index in [4.69, 9.17) is 0 Å². The number of sulfonamides is 1. The molecule has 0 radical (unpaired) electrons. The first-order valence-corrected chi connectivity index (χ1v) is 10.2. The summed E-state index contributed by atoms with van der Waals surface area (Å²) in [6, 6.07) is 3.07. The molecule has 0 aromatic heterocycles. The molecule has 0 saturated carbocycles. The smallest absolute Gasteiger partial charge is 0.251 e. The van der Waals surface area contributed by atoms with Crippen molar-refractivity contribution >= 4 is 21.8 Å². The van der Waals surface area contributed by atoms with Crippen molar-refractivity contribution < 1.29 is 18.0 Å². The average Bonchev–Trinajstić information content (AvgIpc) is 3.11. The number of rotatable bonds is 6. The second kappa shape index (κ2) is 8.18. The van der Waals surface area contributed by atoms with E-state index >= 15 is 0 Å². The number of hydrogen-bond acceptors (Lipinski definition) is 4. The highest BCUT2D eigenvalue weighted by Crippen LogP contribution is 2.23. The van der Waals surface area contributed by atoms with Crippen molar-refractivity contribution in [3.8, 4) is 0 Å². The molecule has 144 valence electrons. The Labute approximate surface area is 155 Å². The number of carbonyl (C=O) groups excluding carboxylic acids is 2. The largest absolute Gasteiger partial charge is 0.352 e. The Bertz CT molecular complexity index is 797. The van der Waals surface area contributed by atoms with E-state index in [1.54, 1.807) is 19.9 Å². The van der Waals surface area contributed by atoms with Crippen LogP contribution < -0.4 is 5.32 Å². The minimum Gasteiger partial charge on any atom is -0.352 e. The summed E-state index contributed by atoms with van der Waals surface area (Å²) in [6.45, 7) is 5.31. The topological polar surface area (TPSA) is 86.8 Å². The van der Waals surface area contributed by atoms with Crippen molar-refractivity contribution in [1.82, 2.24) is 14.5 Å². The van der Waals surface area contributed by atoms with Gasteiger partial charge < -0.3 is 10.2 Å². The van der Waals surface area contributed by atoms with E-state index in [0.29, 0.717) is 5.56 Å². The molecular weight excluding hydrogens is 354 g/mol. The third kappa shape index (κ3) is 4.42. The maximum atomic E-state index is 12.5. The molecule has 7 nitrogen and oxygen atoms in total. The molecule has 0 atom stereocenters. The van der Waals surface area contributed by atoms with Crippen LogP contribution in [0.4, 0.5) is 0 Å². The van der Waals surface area contributed by atoms with Crippen LogP contribution in [0.1, 0.15) is 40.7 Å². The Balaban J connectivity index is 2.09. The third-order valence-corrected chi connectivity index (χ3v) is 6.66. The minimum atomic E-state index is -3.64. The van der Waals surface area contributed by atoms with Crippen LogP contribution in [0.5, 0.6) is 0 Å². The summed E-state index contributed by atoms with van der Waals surface area (Å²) in [7, 11) is -0.720. The predicted octanol–water partition coefficient (Wildman–Crippen LogP) is 1.30. The van der Waals surface area contributed by atoms with E-state index in [0.717, 1.165) is 35.8 Å². The van der Waals surface area contributed by atoms with Gasteiger partial charge in [0.1, 0.15) is 0 Å². The van der Waals surface area contributed by atoms with Crippen molar-refractivity contribution in [3.05, 3.63) is 28.8 Å². The molecule has 0 spiro atoms. The van der Waals surface area contributed by atoms with E-state index in [-0.39, 0.29) is 35.2 Å². The molecule has 8 heteroatoms. The number of likely N-dealkylation sites (tertiary alicyclic amines) is 1. The maximum absolute atomic E-state index is 12.5. The Hall–Kier alpha value is -1.93. The van der Waals surface area contributed by atoms with Crippen LogP contribution in [0.3, 0.4) is 0 Å². The first kappa shape index (κ1) is 20.4. The average molecular weight is 381 g/mol. The zero-order chi connectivity index (χ0) is 19.5. The Morgan fingerprint density at radius 1 is 1.15 bits per heavy atom. The van der Waals surface area contributed by atoms with Gasteiger partial charge in [-0.3, -0.25) is 9.59 Å². The highest BCUT2D eigenvalue weighted by Gasteiger charge is 2.23. The zero-order valence-corrected chi connectivity index (χ0v) is 16.6. The lowest BCUT2D eigenvalue weighted by atomic mass is 10.1. The summed E-state index contributed by atoms with van der Waals surface area (Å²) >= 11 is 0. The van der Waals surface area contributed by atoms with Gasteiger partial charge in [0.25, 0.3) is 5.91 Å². The molecule has 1 aromatic carbocycles. The van der Waals surface area contributed by atoms with Crippen molar-refractivity contribution in [2.75, 3.05) is 33.7 Å². The van der Waals surface area contributed by atoms with E-state index in [9.17, 15) is 18.0 Å². The monoisotopic (exact) mass is 381 g/mol. The molecule has 0 aliphatic carbocycles. The number of nitrogens with zero attached hydrogens (tertiary/aromatic N) is 2. The quantitative estimate of drug-likeness (QED) is 0.805. The van der Waals surface area contributed by atoms with E-state index in [1.165, 1.54) is 20.2 Å². The molecule has 0 bridgehead atoms. The van der Waals surface area contributed by atoms with E-state index < -0.39 is 10.0 Å². The van der Waals surface area contributed by atoms with Gasteiger partial charge in [-0.1, -0.05) is 0 Å². The lowest BCUT2D eigenvalue weighted by Crippen LogP contribution is -2.33. The van der Waals surface area contributed by atoms with Gasteiger partial charge in [-0.15, -0.1) is 0 Å². The number of benzene rings is 1. The molecule has 1 fully saturated rings. The van der Waals surface area contributed by atoms with Crippen LogP contribution in [0.2, 0.25) is 0 Å². The van der Waals surface area contributed by atoms with Crippen LogP contribution in [-0.4, -0.2) is 63.2 Å². The second-order valence-electron chi connectivity index (χ2n) is 6.80. The van der Waals surface area contributed by atoms with Gasteiger partial charge in [-0.25, -0.2) is 12.7 Å². The van der Waals surface area contributed by atoms with E-state index in [1.807, 2.05) is 4.90 Å². The molecule has 1 heterocycles. The molecule has 1 aromatic rings. The standard InChI is InChI=1S/C18H27N3O4S/c1-13-11-15(12-16(14(13)2)26(24,25)20(3)4)18(23)19-8-7-17(22)21-9-5-6-10-21/h11-12H,5-10H2,1-4H3,(H,19,23). The SMILES string of the molecule is Cc1cc(C(=O)NCCC(=O)N2CCCC2)cc(S(=O)(=O)N(C)C)c1C. The van der Waals surface area contributed by atoms with Gasteiger partial charge in [-0.05, 0) is 49.9 Å². The summed E-state index contributed by atoms with van der Waals surface area (Å²) in [5, 5.41) is 2.71. The van der Waals surface area contributed by atoms with Crippen LogP contribution in [0, 0.1) is 13.8 Å². The summed E-state index contributed by atoms with van der Waals surface area (Å²) < 4.78 is 26.1. The first-order chi connectivity index (χ1) is 12.1. The number of hydrogen-bond donors (Lipinski definition) is 1. The van der Waals surface area contributed by atoms with Gasteiger partial charge in [-0.2, -0.15) is 0 Å². The van der Waals surface area contributed by atoms with Crippen LogP contribution in [-0.2, 0) is 14.8 Å². The van der Waals surface area contributed by atoms with Crippen molar-refractivity contribution in [2.45, 2.75) is 38.0 Å². The molecule has 1 aliphatic rings. The Morgan fingerprint density at radius 2 is 1.77 bits per heavy atom. The summed E-state index contributed by atoms with van der Waals surface area (Å²) in [5.74, 6) is -0.337. The lowest BCUT2D eigenvalue weighted by molar-refractivity contribution is -0.129. The summed E-state index contributed by atoms with van der Waals surface area (Å²) in [6.07, 6.45) is 2.31. The zero-order valence-electron chi connectivity index (χ0n) is 15.8. The number of amides is 2. The fraction of sp³-hybridized carbons (Fsp3) is 0.556. The molecular formula is C18H27N3O4S. The molecule has 2 amide bonds. The second-order valence-corrected chi connectivity index (χ2v) is 8.92. The third-order valence-electron chi connectivity index (χ3n) is 4.72. The van der Waals surface area contributed by atoms with Gasteiger partial charge >= 0.3 is 0 Å².